The molecule has 0 fully saturated rings. The third-order valence-electron chi connectivity index (χ3n) is 8.78. The number of fused-ring (bicyclic) bond motifs is 2. The summed E-state index contributed by atoms with van der Waals surface area (Å²) in [6, 6.07) is 9.86. The van der Waals surface area contributed by atoms with Gasteiger partial charge in [-0.3, -0.25) is 0 Å². The summed E-state index contributed by atoms with van der Waals surface area (Å²) in [6.45, 7) is 28.5. The minimum atomic E-state index is 0.537. The molecule has 0 saturated carbocycles. The second-order valence-electron chi connectivity index (χ2n) is 12.3. The summed E-state index contributed by atoms with van der Waals surface area (Å²) >= 11 is 0. The second-order valence-corrected chi connectivity index (χ2v) is 13.8. The Labute approximate surface area is 218 Å². The fourth-order valence-electron chi connectivity index (χ4n) is 6.76. The number of hydrogen-bond acceptors (Lipinski definition) is 0. The summed E-state index contributed by atoms with van der Waals surface area (Å²) in [5.41, 5.74) is 20.0. The summed E-state index contributed by atoms with van der Waals surface area (Å²) in [4.78, 5) is 0. The van der Waals surface area contributed by atoms with Crippen molar-refractivity contribution in [1.82, 2.24) is 0 Å². The Morgan fingerprint density at radius 2 is 0.857 bits per heavy atom. The molecule has 0 amide bonds. The maximum Gasteiger partial charge on any atom is 0.0678 e. The molecule has 2 atom stereocenters. The van der Waals surface area contributed by atoms with Gasteiger partial charge in [-0.2, -0.15) is 0 Å². The van der Waals surface area contributed by atoms with Gasteiger partial charge in [-0.05, 0) is 118 Å². The lowest BCUT2D eigenvalue weighted by Gasteiger charge is -2.25. The van der Waals surface area contributed by atoms with Crippen LogP contribution in [0.5, 0.6) is 0 Å². The van der Waals surface area contributed by atoms with E-state index >= 15 is 0 Å². The number of benzene rings is 2. The predicted molar refractivity (Wildman–Crippen MR) is 157 cm³/mol. The summed E-state index contributed by atoms with van der Waals surface area (Å²) in [5, 5.41) is 0. The van der Waals surface area contributed by atoms with E-state index in [1.54, 1.807) is 55.7 Å². The van der Waals surface area contributed by atoms with Crippen LogP contribution in [0.25, 0.3) is 11.1 Å². The van der Waals surface area contributed by atoms with Crippen LogP contribution < -0.4 is 0 Å². The van der Waals surface area contributed by atoms with Gasteiger partial charge in [-0.15, -0.1) is 0 Å². The summed E-state index contributed by atoms with van der Waals surface area (Å²) in [5.74, 6) is 2.22. The smallest absolute Gasteiger partial charge is 0.0655 e. The van der Waals surface area contributed by atoms with Gasteiger partial charge in [0.25, 0.3) is 0 Å². The molecule has 2 aromatic rings. The lowest BCUT2D eigenvalue weighted by Crippen LogP contribution is -2.18. The molecule has 0 spiro atoms. The van der Waals surface area contributed by atoms with E-state index in [-0.39, 0.29) is 0 Å². The Balaban J connectivity index is 1.84. The fourth-order valence-corrected chi connectivity index (χ4v) is 8.87. The Morgan fingerprint density at radius 3 is 1.14 bits per heavy atom. The van der Waals surface area contributed by atoms with Gasteiger partial charge in [0.15, 0.2) is 0 Å². The first kappa shape index (κ1) is 26.2. The Kier molecular flexibility index (Phi) is 7.15. The molecule has 0 aromatic heterocycles. The molecule has 0 bridgehead atoms. The van der Waals surface area contributed by atoms with Crippen LogP contribution >= 0.6 is 0 Å². The number of rotatable bonds is 6. The van der Waals surface area contributed by atoms with E-state index in [4.69, 9.17) is 0 Å². The van der Waals surface area contributed by atoms with Gasteiger partial charge in [0.1, 0.15) is 0 Å². The molecule has 186 valence electrons. The maximum absolute atomic E-state index is 2.48. The van der Waals surface area contributed by atoms with Crippen LogP contribution in [0.1, 0.15) is 162 Å². The quantitative estimate of drug-likeness (QED) is 0.359. The van der Waals surface area contributed by atoms with Crippen LogP contribution in [0, 0.1) is 0 Å². The van der Waals surface area contributed by atoms with Gasteiger partial charge in [-0.1, -0.05) is 90.8 Å². The van der Waals surface area contributed by atoms with Crippen LogP contribution in [0.2, 0.25) is 0 Å². The topological polar surface area (TPSA) is 0 Å². The first-order valence-corrected chi connectivity index (χ1v) is 15.0. The van der Waals surface area contributed by atoms with Gasteiger partial charge in [0.2, 0.25) is 0 Å². The van der Waals surface area contributed by atoms with Crippen LogP contribution in [0.15, 0.2) is 35.4 Å². The largest absolute Gasteiger partial charge is 0.0678 e. The van der Waals surface area contributed by atoms with Crippen LogP contribution in [-0.4, -0.2) is 9.52 Å². The van der Waals surface area contributed by atoms with E-state index < -0.39 is 0 Å². The summed E-state index contributed by atoms with van der Waals surface area (Å²) in [7, 11) is 0.853. The number of allylic oxidation sites excluding steroid dienone is 4. The highest BCUT2D eigenvalue weighted by Crippen LogP contribution is 2.51. The van der Waals surface area contributed by atoms with Gasteiger partial charge in [0.05, 0.1) is 9.52 Å². The third kappa shape index (κ3) is 4.12. The van der Waals surface area contributed by atoms with E-state index in [0.29, 0.717) is 34.8 Å². The highest BCUT2D eigenvalue weighted by atomic mass is 28.2. The fraction of sp³-hybridized carbons (Fsp3) is 0.529. The first-order chi connectivity index (χ1) is 16.4. The van der Waals surface area contributed by atoms with Crippen molar-refractivity contribution in [1.29, 1.82) is 0 Å². The predicted octanol–water partition coefficient (Wildman–Crippen LogP) is 10.3. The molecule has 1 heteroatoms. The van der Waals surface area contributed by atoms with Crippen molar-refractivity contribution in [2.45, 2.75) is 118 Å². The zero-order valence-corrected chi connectivity index (χ0v) is 25.3. The van der Waals surface area contributed by atoms with Crippen molar-refractivity contribution < 1.29 is 0 Å². The van der Waals surface area contributed by atoms with Crippen LogP contribution in [0.4, 0.5) is 0 Å². The maximum atomic E-state index is 2.48. The van der Waals surface area contributed by atoms with E-state index in [2.05, 4.69) is 107 Å². The van der Waals surface area contributed by atoms with Crippen molar-refractivity contribution in [3.8, 4) is 0 Å². The second kappa shape index (κ2) is 9.54. The van der Waals surface area contributed by atoms with E-state index in [0.717, 1.165) is 9.52 Å². The molecule has 2 aliphatic rings. The average Bonchev–Trinajstić information content (AvgIpc) is 3.18. The summed E-state index contributed by atoms with van der Waals surface area (Å²) < 4.78 is 0. The molecule has 0 nitrogen and oxygen atoms in total. The molecule has 0 heterocycles. The Bertz CT molecular complexity index is 1120. The monoisotopic (exact) mass is 482 g/mol. The van der Waals surface area contributed by atoms with Crippen LogP contribution in [-0.2, 0) is 0 Å². The van der Waals surface area contributed by atoms with Gasteiger partial charge in [0, 0.05) is 0 Å². The molecular formula is C34H46Si. The van der Waals surface area contributed by atoms with Gasteiger partial charge >= 0.3 is 0 Å². The highest BCUT2D eigenvalue weighted by molar-refractivity contribution is 6.44. The normalized spacial score (nSPS) is 19.8. The lowest BCUT2D eigenvalue weighted by molar-refractivity contribution is 0.784. The first-order valence-electron chi connectivity index (χ1n) is 13.8. The van der Waals surface area contributed by atoms with E-state index in [9.17, 15) is 0 Å². The molecule has 0 aliphatic heterocycles. The molecular weight excluding hydrogens is 436 g/mol. The average molecular weight is 483 g/mol. The van der Waals surface area contributed by atoms with E-state index in [1.165, 1.54) is 11.1 Å². The molecule has 35 heavy (non-hydrogen) atoms. The minimum absolute atomic E-state index is 0.537. The molecule has 2 unspecified atom stereocenters. The van der Waals surface area contributed by atoms with Crippen molar-refractivity contribution >= 4 is 20.7 Å². The van der Waals surface area contributed by atoms with Crippen molar-refractivity contribution in [2.24, 2.45) is 0 Å². The molecule has 0 N–H and O–H groups in total. The number of hydrogen-bond donors (Lipinski definition) is 0. The minimum Gasteiger partial charge on any atom is -0.0655 e. The van der Waals surface area contributed by atoms with Gasteiger partial charge < -0.3 is 0 Å². The Hall–Kier alpha value is -1.86. The van der Waals surface area contributed by atoms with Gasteiger partial charge in [-0.25, -0.2) is 0 Å². The SMILES string of the molecule is CC1=C(C)C([Si]C2C(C)=C(C)c3c2ccc(C(C)C)c3C(C)C)c2ccc(C(C)C)c(C(C)C)c21. The van der Waals surface area contributed by atoms with Crippen molar-refractivity contribution in [2.75, 3.05) is 0 Å². The summed E-state index contributed by atoms with van der Waals surface area (Å²) in [6.07, 6.45) is 0. The zero-order valence-electron chi connectivity index (χ0n) is 24.3. The standard InChI is InChI=1S/C34H46Si/c1-17(2)25-13-15-27-31(29(25)19(5)6)21(9)23(11)33(27)35-34-24(12)22(10)32-28(34)16-14-26(18(3)4)30(32)20(7)8/h13-20,33-34H,1-12H3. The lowest BCUT2D eigenvalue weighted by atomic mass is 9.84. The molecule has 2 aliphatic carbocycles. The molecule has 4 rings (SSSR count). The molecule has 2 radical (unpaired) electrons. The zero-order chi connectivity index (χ0) is 25.9. The van der Waals surface area contributed by atoms with Crippen molar-refractivity contribution in [3.05, 3.63) is 79.9 Å². The third-order valence-corrected chi connectivity index (χ3v) is 10.9. The van der Waals surface area contributed by atoms with E-state index in [1.807, 2.05) is 0 Å². The van der Waals surface area contributed by atoms with Crippen LogP contribution in [0.3, 0.4) is 0 Å². The van der Waals surface area contributed by atoms with Crippen molar-refractivity contribution in [3.63, 3.8) is 0 Å². The molecule has 0 saturated heterocycles. The Morgan fingerprint density at radius 1 is 0.514 bits per heavy atom. The molecule has 2 aromatic carbocycles. The highest BCUT2D eigenvalue weighted by Gasteiger charge is 2.37.